The predicted octanol–water partition coefficient (Wildman–Crippen LogP) is 1.38. The van der Waals surface area contributed by atoms with Gasteiger partial charge in [-0.3, -0.25) is 0 Å². The van der Waals surface area contributed by atoms with E-state index in [9.17, 15) is 13.7 Å². The number of nitriles is 1. The normalized spacial score (nSPS) is 19.2. The lowest BCUT2D eigenvalue weighted by Crippen LogP contribution is -2.33. The van der Waals surface area contributed by atoms with E-state index in [0.717, 1.165) is 16.8 Å². The Bertz CT molecular complexity index is 926. The summed E-state index contributed by atoms with van der Waals surface area (Å²) in [5, 5.41) is 18.1. The Kier molecular flexibility index (Phi) is 4.05. The van der Waals surface area contributed by atoms with Crippen LogP contribution in [0.2, 0.25) is 0 Å². The van der Waals surface area contributed by atoms with Gasteiger partial charge in [-0.1, -0.05) is 17.7 Å². The number of rotatable bonds is 3. The SMILES string of the molecule is Cc1ccc(-n2nc(C#N)c(N(C)C3CCS(=O)(=O)C3)n2)c(C)c1. The molecule has 1 aromatic carbocycles. The molecule has 0 spiro atoms. The van der Waals surface area contributed by atoms with Gasteiger partial charge >= 0.3 is 0 Å². The number of hydrogen-bond acceptors (Lipinski definition) is 6. The van der Waals surface area contributed by atoms with Gasteiger partial charge in [-0.25, -0.2) is 8.42 Å². The molecule has 0 bridgehead atoms. The van der Waals surface area contributed by atoms with Crippen LogP contribution >= 0.6 is 0 Å². The maximum atomic E-state index is 11.7. The lowest BCUT2D eigenvalue weighted by Gasteiger charge is -2.22. The molecule has 1 aromatic heterocycles. The number of hydrogen-bond donors (Lipinski definition) is 0. The average molecular weight is 345 g/mol. The van der Waals surface area contributed by atoms with Crippen LogP contribution in [0.4, 0.5) is 5.82 Å². The minimum absolute atomic E-state index is 0.0881. The highest BCUT2D eigenvalue weighted by Crippen LogP contribution is 2.24. The van der Waals surface area contributed by atoms with Crippen molar-refractivity contribution in [2.75, 3.05) is 23.5 Å². The van der Waals surface area contributed by atoms with Crippen molar-refractivity contribution in [3.63, 3.8) is 0 Å². The monoisotopic (exact) mass is 345 g/mol. The quantitative estimate of drug-likeness (QED) is 0.834. The molecule has 2 aromatic rings. The van der Waals surface area contributed by atoms with Gasteiger partial charge in [0.15, 0.2) is 15.7 Å². The zero-order chi connectivity index (χ0) is 17.5. The Balaban J connectivity index is 1.98. The summed E-state index contributed by atoms with van der Waals surface area (Å²) in [5.74, 6) is 0.680. The van der Waals surface area contributed by atoms with Gasteiger partial charge < -0.3 is 4.90 Å². The van der Waals surface area contributed by atoms with Crippen molar-refractivity contribution in [1.82, 2.24) is 15.0 Å². The van der Waals surface area contributed by atoms with E-state index in [1.54, 1.807) is 11.9 Å². The topological polar surface area (TPSA) is 91.9 Å². The fourth-order valence-electron chi connectivity index (χ4n) is 3.00. The average Bonchev–Trinajstić information content (AvgIpc) is 3.09. The number of anilines is 1. The summed E-state index contributed by atoms with van der Waals surface area (Å²) in [6.45, 7) is 3.97. The van der Waals surface area contributed by atoms with Gasteiger partial charge in [0.2, 0.25) is 5.69 Å². The number of sulfone groups is 1. The van der Waals surface area contributed by atoms with Crippen LogP contribution in [-0.2, 0) is 9.84 Å². The van der Waals surface area contributed by atoms with Gasteiger partial charge in [0.1, 0.15) is 6.07 Å². The molecule has 3 rings (SSSR count). The summed E-state index contributed by atoms with van der Waals surface area (Å²) in [6, 6.07) is 7.78. The molecule has 2 heterocycles. The van der Waals surface area contributed by atoms with Crippen molar-refractivity contribution in [3.8, 4) is 11.8 Å². The van der Waals surface area contributed by atoms with Gasteiger partial charge in [-0.15, -0.1) is 15.0 Å². The Labute approximate surface area is 141 Å². The molecule has 1 aliphatic rings. The molecule has 0 saturated carbocycles. The van der Waals surface area contributed by atoms with Crippen molar-refractivity contribution in [3.05, 3.63) is 35.0 Å². The van der Waals surface area contributed by atoms with E-state index < -0.39 is 9.84 Å². The largest absolute Gasteiger partial charge is 0.352 e. The molecule has 1 fully saturated rings. The molecule has 126 valence electrons. The number of aromatic nitrogens is 3. The summed E-state index contributed by atoms with van der Waals surface area (Å²) in [4.78, 5) is 3.21. The first-order chi connectivity index (χ1) is 11.3. The number of benzene rings is 1. The third-order valence-electron chi connectivity index (χ3n) is 4.36. The van der Waals surface area contributed by atoms with Crippen LogP contribution in [0.15, 0.2) is 18.2 Å². The van der Waals surface area contributed by atoms with Gasteiger partial charge in [-0.2, -0.15) is 5.26 Å². The smallest absolute Gasteiger partial charge is 0.207 e. The predicted molar refractivity (Wildman–Crippen MR) is 91.0 cm³/mol. The van der Waals surface area contributed by atoms with Crippen LogP contribution in [0.1, 0.15) is 23.2 Å². The van der Waals surface area contributed by atoms with Crippen molar-refractivity contribution in [2.24, 2.45) is 0 Å². The Morgan fingerprint density at radius 3 is 2.67 bits per heavy atom. The fourth-order valence-corrected chi connectivity index (χ4v) is 4.77. The third kappa shape index (κ3) is 2.99. The van der Waals surface area contributed by atoms with Crippen LogP contribution in [-0.4, -0.2) is 48.0 Å². The molecule has 0 amide bonds. The second kappa shape index (κ2) is 5.91. The molecule has 1 aliphatic heterocycles. The van der Waals surface area contributed by atoms with Crippen LogP contribution in [0.25, 0.3) is 5.69 Å². The fraction of sp³-hybridized carbons (Fsp3) is 0.438. The number of nitrogens with zero attached hydrogens (tertiary/aromatic N) is 5. The maximum Gasteiger partial charge on any atom is 0.207 e. The molecule has 8 heteroatoms. The van der Waals surface area contributed by atoms with Crippen molar-refractivity contribution >= 4 is 15.7 Å². The zero-order valence-corrected chi connectivity index (χ0v) is 14.7. The van der Waals surface area contributed by atoms with E-state index in [-0.39, 0.29) is 23.2 Å². The minimum Gasteiger partial charge on any atom is -0.352 e. The summed E-state index contributed by atoms with van der Waals surface area (Å²) in [6.07, 6.45) is 0.542. The highest BCUT2D eigenvalue weighted by molar-refractivity contribution is 7.91. The molecule has 24 heavy (non-hydrogen) atoms. The summed E-state index contributed by atoms with van der Waals surface area (Å²) >= 11 is 0. The summed E-state index contributed by atoms with van der Waals surface area (Å²) in [7, 11) is -1.24. The van der Waals surface area contributed by atoms with Crippen LogP contribution in [0.5, 0.6) is 0 Å². The molecular formula is C16H19N5O2S. The lowest BCUT2D eigenvalue weighted by atomic mass is 10.1. The first kappa shape index (κ1) is 16.5. The van der Waals surface area contributed by atoms with Crippen LogP contribution in [0.3, 0.4) is 0 Å². The molecule has 0 N–H and O–H groups in total. The third-order valence-corrected chi connectivity index (χ3v) is 6.11. The highest BCUT2D eigenvalue weighted by Gasteiger charge is 2.33. The Morgan fingerprint density at radius 1 is 1.33 bits per heavy atom. The molecular weight excluding hydrogens is 326 g/mol. The zero-order valence-electron chi connectivity index (χ0n) is 13.9. The molecule has 1 unspecified atom stereocenters. The molecule has 7 nitrogen and oxygen atoms in total. The Hall–Kier alpha value is -2.40. The van der Waals surface area contributed by atoms with Crippen molar-refractivity contribution in [1.29, 1.82) is 5.26 Å². The highest BCUT2D eigenvalue weighted by atomic mass is 32.2. The molecule has 1 saturated heterocycles. The van der Waals surface area contributed by atoms with E-state index in [1.165, 1.54) is 4.80 Å². The van der Waals surface area contributed by atoms with E-state index >= 15 is 0 Å². The summed E-state index contributed by atoms with van der Waals surface area (Å²) < 4.78 is 23.4. The summed E-state index contributed by atoms with van der Waals surface area (Å²) in [5.41, 5.74) is 3.14. The van der Waals surface area contributed by atoms with E-state index in [4.69, 9.17) is 0 Å². The van der Waals surface area contributed by atoms with Gasteiger partial charge in [0, 0.05) is 13.1 Å². The first-order valence-corrected chi connectivity index (χ1v) is 9.51. The second-order valence-electron chi connectivity index (χ2n) is 6.23. The van der Waals surface area contributed by atoms with Gasteiger partial charge in [0.25, 0.3) is 0 Å². The molecule has 0 aliphatic carbocycles. The molecule has 1 atom stereocenters. The molecule has 0 radical (unpaired) electrons. The first-order valence-electron chi connectivity index (χ1n) is 7.69. The second-order valence-corrected chi connectivity index (χ2v) is 8.46. The van der Waals surface area contributed by atoms with Crippen molar-refractivity contribution in [2.45, 2.75) is 26.3 Å². The van der Waals surface area contributed by atoms with E-state index in [2.05, 4.69) is 16.3 Å². The van der Waals surface area contributed by atoms with E-state index in [1.807, 2.05) is 32.0 Å². The van der Waals surface area contributed by atoms with Crippen molar-refractivity contribution < 1.29 is 8.42 Å². The van der Waals surface area contributed by atoms with Crippen LogP contribution < -0.4 is 4.90 Å². The van der Waals surface area contributed by atoms with Crippen LogP contribution in [0, 0.1) is 25.2 Å². The minimum atomic E-state index is -3.00. The standard InChI is InChI=1S/C16H19N5O2S/c1-11-4-5-15(12(2)8-11)21-18-14(9-17)16(19-21)20(3)13-6-7-24(22,23)10-13/h4-5,8,13H,6-7,10H2,1-3H3. The Morgan fingerprint density at radius 2 is 2.08 bits per heavy atom. The lowest BCUT2D eigenvalue weighted by molar-refractivity contribution is 0.600. The van der Waals surface area contributed by atoms with Gasteiger partial charge in [-0.05, 0) is 31.9 Å². The number of aryl methyl sites for hydroxylation is 2. The van der Waals surface area contributed by atoms with Gasteiger partial charge in [0.05, 0.1) is 17.2 Å². The maximum absolute atomic E-state index is 11.7. The van der Waals surface area contributed by atoms with E-state index in [0.29, 0.717) is 12.2 Å².